The second-order valence-corrected chi connectivity index (χ2v) is 6.55. The Morgan fingerprint density at radius 2 is 1.84 bits per heavy atom. The third-order valence-electron chi connectivity index (χ3n) is 3.27. The molecule has 1 N–H and O–H groups in total. The van der Waals surface area contributed by atoms with Crippen molar-refractivity contribution in [3.8, 4) is 0 Å². The molecule has 1 aromatic carbocycles. The summed E-state index contributed by atoms with van der Waals surface area (Å²) in [7, 11) is 0. The highest BCUT2D eigenvalue weighted by molar-refractivity contribution is 6.20. The fourth-order valence-corrected chi connectivity index (χ4v) is 2.44. The number of alkyl halides is 1. The van der Waals surface area contributed by atoms with E-state index in [2.05, 4.69) is 19.2 Å². The summed E-state index contributed by atoms with van der Waals surface area (Å²) in [6.07, 6.45) is 0.910. The average Bonchev–Trinajstić information content (AvgIpc) is 2.36. The van der Waals surface area contributed by atoms with E-state index in [1.165, 1.54) is 0 Å². The maximum Gasteiger partial charge on any atom is 0.230 e. The van der Waals surface area contributed by atoms with Crippen LogP contribution >= 0.6 is 11.6 Å². The van der Waals surface area contributed by atoms with Crippen molar-refractivity contribution in [3.05, 3.63) is 35.9 Å². The van der Waals surface area contributed by atoms with Gasteiger partial charge in [0, 0.05) is 6.54 Å². The average molecular weight is 282 g/mol. The lowest BCUT2D eigenvalue weighted by Crippen LogP contribution is -2.42. The van der Waals surface area contributed by atoms with E-state index in [1.807, 2.05) is 44.2 Å². The van der Waals surface area contributed by atoms with Crippen LogP contribution in [0.1, 0.15) is 39.7 Å². The minimum Gasteiger partial charge on any atom is -0.354 e. The molecule has 2 nitrogen and oxygen atoms in total. The van der Waals surface area contributed by atoms with Gasteiger partial charge in [-0.3, -0.25) is 4.79 Å². The Bertz CT molecular complexity index is 400. The van der Waals surface area contributed by atoms with Crippen molar-refractivity contribution in [3.63, 3.8) is 0 Å². The van der Waals surface area contributed by atoms with Crippen LogP contribution in [0.15, 0.2) is 30.3 Å². The Hall–Kier alpha value is -1.02. The van der Waals surface area contributed by atoms with Crippen molar-refractivity contribution in [2.45, 2.75) is 44.9 Å². The van der Waals surface area contributed by atoms with E-state index in [0.29, 0.717) is 12.5 Å². The van der Waals surface area contributed by atoms with Gasteiger partial charge in [0.05, 0.1) is 10.8 Å². The molecule has 0 heterocycles. The molecule has 1 aromatic rings. The van der Waals surface area contributed by atoms with Gasteiger partial charge < -0.3 is 5.32 Å². The fourth-order valence-electron chi connectivity index (χ4n) is 2.01. The van der Waals surface area contributed by atoms with Crippen molar-refractivity contribution in [1.29, 1.82) is 0 Å². The molecule has 0 aromatic heterocycles. The van der Waals surface area contributed by atoms with Gasteiger partial charge in [-0.15, -0.1) is 11.6 Å². The Kier molecular flexibility index (Phi) is 5.86. The van der Waals surface area contributed by atoms with E-state index in [0.717, 1.165) is 12.0 Å². The van der Waals surface area contributed by atoms with Gasteiger partial charge >= 0.3 is 0 Å². The monoisotopic (exact) mass is 281 g/mol. The molecule has 1 amide bonds. The van der Waals surface area contributed by atoms with Gasteiger partial charge in [0.2, 0.25) is 5.91 Å². The van der Waals surface area contributed by atoms with Crippen LogP contribution in [0.25, 0.3) is 0 Å². The summed E-state index contributed by atoms with van der Waals surface area (Å²) in [5, 5.41) is 2.95. The lowest BCUT2D eigenvalue weighted by molar-refractivity contribution is -0.125. The van der Waals surface area contributed by atoms with Crippen molar-refractivity contribution >= 4 is 17.5 Å². The van der Waals surface area contributed by atoms with E-state index in [9.17, 15) is 4.79 Å². The Morgan fingerprint density at radius 1 is 1.26 bits per heavy atom. The number of carbonyl (C=O) groups excluding carboxylic acids is 1. The highest BCUT2D eigenvalue weighted by atomic mass is 35.5. The second-order valence-electron chi connectivity index (χ2n) is 5.93. The number of halogens is 1. The van der Waals surface area contributed by atoms with E-state index < -0.39 is 5.41 Å². The first-order chi connectivity index (χ1) is 8.84. The Labute approximate surface area is 121 Å². The van der Waals surface area contributed by atoms with Crippen LogP contribution in [0.5, 0.6) is 0 Å². The molecule has 0 bridgehead atoms. The quantitative estimate of drug-likeness (QED) is 0.791. The highest BCUT2D eigenvalue weighted by Crippen LogP contribution is 2.23. The maximum atomic E-state index is 12.3. The third-order valence-corrected chi connectivity index (χ3v) is 3.61. The van der Waals surface area contributed by atoms with Crippen LogP contribution in [0.3, 0.4) is 0 Å². The molecule has 1 atom stereocenters. The van der Waals surface area contributed by atoms with E-state index in [4.69, 9.17) is 11.6 Å². The van der Waals surface area contributed by atoms with Gasteiger partial charge in [-0.1, -0.05) is 44.2 Å². The van der Waals surface area contributed by atoms with E-state index >= 15 is 0 Å². The molecule has 1 unspecified atom stereocenters. The predicted molar refractivity (Wildman–Crippen MR) is 81.6 cm³/mol. The van der Waals surface area contributed by atoms with Crippen molar-refractivity contribution < 1.29 is 4.79 Å². The number of hydrogen-bond donors (Lipinski definition) is 1. The third kappa shape index (κ3) is 4.87. The van der Waals surface area contributed by atoms with Crippen molar-refractivity contribution in [1.82, 2.24) is 5.32 Å². The van der Waals surface area contributed by atoms with Crippen LogP contribution < -0.4 is 5.32 Å². The van der Waals surface area contributed by atoms with Gasteiger partial charge in [-0.2, -0.15) is 0 Å². The van der Waals surface area contributed by atoms with Crippen LogP contribution in [0.4, 0.5) is 0 Å². The normalized spacial score (nSPS) is 13.4. The van der Waals surface area contributed by atoms with Crippen LogP contribution in [0.2, 0.25) is 0 Å². The smallest absolute Gasteiger partial charge is 0.230 e. The number of carbonyl (C=O) groups is 1. The molecule has 106 valence electrons. The lowest BCUT2D eigenvalue weighted by atomic mass is 9.84. The molecular formula is C16H24ClNO. The first-order valence-corrected chi connectivity index (χ1v) is 7.25. The van der Waals surface area contributed by atoms with Gasteiger partial charge in [0.25, 0.3) is 0 Å². The molecule has 0 aliphatic rings. The summed E-state index contributed by atoms with van der Waals surface area (Å²) in [6.45, 7) is 8.65. The summed E-state index contributed by atoms with van der Waals surface area (Å²) < 4.78 is 0. The summed E-state index contributed by atoms with van der Waals surface area (Å²) in [6, 6.07) is 9.81. The van der Waals surface area contributed by atoms with Crippen LogP contribution in [0, 0.1) is 5.92 Å². The summed E-state index contributed by atoms with van der Waals surface area (Å²) in [4.78, 5) is 12.3. The number of hydrogen-bond acceptors (Lipinski definition) is 1. The van der Waals surface area contributed by atoms with Crippen LogP contribution in [-0.2, 0) is 10.2 Å². The molecule has 0 saturated carbocycles. The topological polar surface area (TPSA) is 29.1 Å². The van der Waals surface area contributed by atoms with Crippen LogP contribution in [-0.4, -0.2) is 17.8 Å². The molecule has 0 radical (unpaired) electrons. The molecule has 0 saturated heterocycles. The summed E-state index contributed by atoms with van der Waals surface area (Å²) in [5.74, 6) is 0.564. The SMILES string of the molecule is CC(C)CC(Cl)CNC(=O)C(C)(C)c1ccccc1. The molecule has 19 heavy (non-hydrogen) atoms. The molecule has 0 aliphatic heterocycles. The van der Waals surface area contributed by atoms with E-state index in [1.54, 1.807) is 0 Å². The second kappa shape index (κ2) is 6.95. The van der Waals surface area contributed by atoms with Gasteiger partial charge in [0.1, 0.15) is 0 Å². The molecular weight excluding hydrogens is 258 g/mol. The lowest BCUT2D eigenvalue weighted by Gasteiger charge is -2.25. The van der Waals surface area contributed by atoms with Crippen molar-refractivity contribution in [2.24, 2.45) is 5.92 Å². The largest absolute Gasteiger partial charge is 0.354 e. The molecule has 0 aliphatic carbocycles. The summed E-state index contributed by atoms with van der Waals surface area (Å²) in [5.41, 5.74) is 0.484. The maximum absolute atomic E-state index is 12.3. The first-order valence-electron chi connectivity index (χ1n) is 6.82. The Morgan fingerprint density at radius 3 is 2.37 bits per heavy atom. The first kappa shape index (κ1) is 16.0. The molecule has 1 rings (SSSR count). The molecule has 3 heteroatoms. The van der Waals surface area contributed by atoms with E-state index in [-0.39, 0.29) is 11.3 Å². The Balaban J connectivity index is 2.58. The predicted octanol–water partition coefficient (Wildman–Crippen LogP) is 3.73. The fraction of sp³-hybridized carbons (Fsp3) is 0.562. The minimum atomic E-state index is -0.532. The number of benzene rings is 1. The molecule has 0 spiro atoms. The van der Waals surface area contributed by atoms with Gasteiger partial charge in [0.15, 0.2) is 0 Å². The number of rotatable bonds is 6. The number of amides is 1. The zero-order chi connectivity index (χ0) is 14.5. The minimum absolute atomic E-state index is 0.00415. The standard InChI is InChI=1S/C16H24ClNO/c1-12(2)10-14(17)11-18-15(19)16(3,4)13-8-6-5-7-9-13/h5-9,12,14H,10-11H2,1-4H3,(H,18,19). The highest BCUT2D eigenvalue weighted by Gasteiger charge is 2.29. The number of nitrogens with one attached hydrogen (secondary N) is 1. The summed E-state index contributed by atoms with van der Waals surface area (Å²) >= 11 is 6.20. The molecule has 0 fully saturated rings. The zero-order valence-corrected chi connectivity index (χ0v) is 13.0. The zero-order valence-electron chi connectivity index (χ0n) is 12.2. The van der Waals surface area contributed by atoms with Gasteiger partial charge in [-0.05, 0) is 31.7 Å². The van der Waals surface area contributed by atoms with Gasteiger partial charge in [-0.25, -0.2) is 0 Å². The van der Waals surface area contributed by atoms with Crippen molar-refractivity contribution in [2.75, 3.05) is 6.54 Å².